The smallest absolute Gasteiger partial charge is 0.294 e. The van der Waals surface area contributed by atoms with Crippen LogP contribution >= 0.6 is 34.7 Å². The molecule has 142 valence electrons. The van der Waals surface area contributed by atoms with Gasteiger partial charge >= 0.3 is 0 Å². The number of carbonyl (C=O) groups is 1. The minimum absolute atomic E-state index is 0.00214. The van der Waals surface area contributed by atoms with Gasteiger partial charge in [0, 0.05) is 26.3 Å². The molecule has 0 atom stereocenters. The maximum Gasteiger partial charge on any atom is 0.294 e. The molecule has 0 N–H and O–H groups in total. The molecule has 0 aromatic carbocycles. The van der Waals surface area contributed by atoms with E-state index in [2.05, 4.69) is 4.40 Å². The second-order valence-electron chi connectivity index (χ2n) is 6.43. The van der Waals surface area contributed by atoms with E-state index in [0.29, 0.717) is 9.24 Å². The van der Waals surface area contributed by atoms with Gasteiger partial charge in [-0.3, -0.25) is 9.69 Å². The fourth-order valence-electron chi connectivity index (χ4n) is 3.02. The fraction of sp³-hybridized carbons (Fsp3) is 0.500. The summed E-state index contributed by atoms with van der Waals surface area (Å²) in [6.07, 6.45) is 6.65. The van der Waals surface area contributed by atoms with Crippen molar-refractivity contribution in [2.24, 2.45) is 4.40 Å². The lowest BCUT2D eigenvalue weighted by Gasteiger charge is -2.30. The van der Waals surface area contributed by atoms with E-state index in [1.807, 2.05) is 14.1 Å². The number of amidine groups is 1. The summed E-state index contributed by atoms with van der Waals surface area (Å²) in [5, 5.41) is 0.236. The van der Waals surface area contributed by atoms with E-state index in [1.165, 1.54) is 12.1 Å². The lowest BCUT2D eigenvalue weighted by Crippen LogP contribution is -2.40. The molecule has 0 unspecified atom stereocenters. The molecular formula is C16H20ClN3O3S3. The molecular weight excluding hydrogens is 414 g/mol. The Hall–Kier alpha value is -1.03. The van der Waals surface area contributed by atoms with Crippen LogP contribution in [0.2, 0.25) is 4.34 Å². The third-order valence-electron chi connectivity index (χ3n) is 4.15. The van der Waals surface area contributed by atoms with Crippen molar-refractivity contribution >= 4 is 55.8 Å². The zero-order valence-corrected chi connectivity index (χ0v) is 17.7. The van der Waals surface area contributed by atoms with Crippen LogP contribution in [0.1, 0.15) is 32.1 Å². The zero-order valence-electron chi connectivity index (χ0n) is 14.5. The lowest BCUT2D eigenvalue weighted by atomic mass is 9.94. The first-order chi connectivity index (χ1) is 12.3. The van der Waals surface area contributed by atoms with Gasteiger partial charge in [0.05, 0.1) is 9.24 Å². The Balaban J connectivity index is 1.99. The third-order valence-corrected chi connectivity index (χ3v) is 8.20. The van der Waals surface area contributed by atoms with E-state index in [4.69, 9.17) is 11.6 Å². The second-order valence-corrected chi connectivity index (χ2v) is 11.0. The first-order valence-corrected chi connectivity index (χ1v) is 11.7. The first kappa shape index (κ1) is 19.7. The predicted molar refractivity (Wildman–Crippen MR) is 107 cm³/mol. The van der Waals surface area contributed by atoms with Crippen molar-refractivity contribution in [3.63, 3.8) is 0 Å². The number of amides is 1. The van der Waals surface area contributed by atoms with Gasteiger partial charge < -0.3 is 4.90 Å². The molecule has 1 amide bonds. The number of hydrogen-bond acceptors (Lipinski definition) is 6. The first-order valence-electron chi connectivity index (χ1n) is 8.28. The van der Waals surface area contributed by atoms with Crippen LogP contribution in [0.25, 0.3) is 0 Å². The van der Waals surface area contributed by atoms with Gasteiger partial charge in [-0.2, -0.15) is 8.42 Å². The van der Waals surface area contributed by atoms with Crippen molar-refractivity contribution in [3.8, 4) is 0 Å². The summed E-state index contributed by atoms with van der Waals surface area (Å²) in [4.78, 5) is 16.7. The van der Waals surface area contributed by atoms with Crippen molar-refractivity contribution in [3.05, 3.63) is 27.6 Å². The highest BCUT2D eigenvalue weighted by Crippen LogP contribution is 2.38. The van der Waals surface area contributed by atoms with E-state index in [0.717, 1.165) is 55.2 Å². The Kier molecular flexibility index (Phi) is 6.01. The quantitative estimate of drug-likeness (QED) is 0.676. The summed E-state index contributed by atoms with van der Waals surface area (Å²) >= 11 is 7.94. The highest BCUT2D eigenvalue weighted by molar-refractivity contribution is 8.19. The molecule has 2 heterocycles. The van der Waals surface area contributed by atoms with Gasteiger partial charge in [0.1, 0.15) is 4.21 Å². The number of nitrogens with zero attached hydrogens (tertiary/aromatic N) is 3. The Bertz CT molecular complexity index is 855. The maximum atomic E-state index is 12.9. The van der Waals surface area contributed by atoms with Gasteiger partial charge in [-0.15, -0.1) is 15.7 Å². The molecule has 0 radical (unpaired) electrons. The minimum atomic E-state index is -3.90. The molecule has 1 saturated carbocycles. The number of halogens is 1. The monoisotopic (exact) mass is 433 g/mol. The van der Waals surface area contributed by atoms with Gasteiger partial charge in [-0.05, 0) is 36.7 Å². The molecule has 6 nitrogen and oxygen atoms in total. The molecule has 1 aromatic heterocycles. The molecule has 2 aliphatic rings. The van der Waals surface area contributed by atoms with Crippen LogP contribution in [0.3, 0.4) is 0 Å². The number of hydrogen-bond donors (Lipinski definition) is 0. The summed E-state index contributed by atoms with van der Waals surface area (Å²) in [6, 6.07) is 2.97. The van der Waals surface area contributed by atoms with Crippen LogP contribution in [0.15, 0.2) is 31.8 Å². The van der Waals surface area contributed by atoms with E-state index < -0.39 is 10.0 Å². The SMILES string of the molecule is CN(C)/C=C1/SC(=NS(=O)(=O)c2ccc(Cl)s2)N(C2CCCCC2)C1=O. The van der Waals surface area contributed by atoms with E-state index in [9.17, 15) is 13.2 Å². The highest BCUT2D eigenvalue weighted by atomic mass is 35.5. The highest BCUT2D eigenvalue weighted by Gasteiger charge is 2.40. The molecule has 1 aromatic rings. The lowest BCUT2D eigenvalue weighted by molar-refractivity contribution is -0.124. The summed E-state index contributed by atoms with van der Waals surface area (Å²) in [5.41, 5.74) is 0. The maximum absolute atomic E-state index is 12.9. The molecule has 26 heavy (non-hydrogen) atoms. The van der Waals surface area contributed by atoms with Gasteiger partial charge in [0.2, 0.25) is 0 Å². The summed E-state index contributed by atoms with van der Waals surface area (Å²) < 4.78 is 29.8. The Morgan fingerprint density at radius 1 is 1.27 bits per heavy atom. The standard InChI is InChI=1S/C16H20ClN3O3S3/c1-19(2)10-12-15(21)20(11-6-4-3-5-7-11)16(24-12)18-26(22,23)14-9-8-13(17)25-14/h8-11H,3-7H2,1-2H3/b12-10+,18-16?. The van der Waals surface area contributed by atoms with Gasteiger partial charge in [0.25, 0.3) is 15.9 Å². The molecule has 1 aliphatic heterocycles. The number of rotatable bonds is 4. The Morgan fingerprint density at radius 2 is 1.96 bits per heavy atom. The van der Waals surface area contributed by atoms with Gasteiger partial charge in [0.15, 0.2) is 5.17 Å². The summed E-state index contributed by atoms with van der Waals surface area (Å²) in [6.45, 7) is 0. The molecule has 10 heteroatoms. The zero-order chi connectivity index (χ0) is 18.9. The average Bonchev–Trinajstić information content (AvgIpc) is 3.12. The van der Waals surface area contributed by atoms with Crippen molar-refractivity contribution in [1.29, 1.82) is 0 Å². The molecule has 0 spiro atoms. The normalized spacial score (nSPS) is 22.6. The van der Waals surface area contributed by atoms with Crippen molar-refractivity contribution in [2.75, 3.05) is 14.1 Å². The van der Waals surface area contributed by atoms with Crippen LogP contribution in [0.4, 0.5) is 0 Å². The molecule has 1 aliphatic carbocycles. The summed E-state index contributed by atoms with van der Waals surface area (Å²) in [7, 11) is -0.254. The van der Waals surface area contributed by atoms with Crippen LogP contribution in [-0.2, 0) is 14.8 Å². The predicted octanol–water partition coefficient (Wildman–Crippen LogP) is 3.76. The fourth-order valence-corrected chi connectivity index (χ4v) is 6.78. The van der Waals surface area contributed by atoms with E-state index >= 15 is 0 Å². The van der Waals surface area contributed by atoms with Crippen LogP contribution in [0.5, 0.6) is 0 Å². The van der Waals surface area contributed by atoms with Gasteiger partial charge in [-0.25, -0.2) is 0 Å². The van der Waals surface area contributed by atoms with E-state index in [-0.39, 0.29) is 21.3 Å². The molecule has 0 bridgehead atoms. The number of thioether (sulfide) groups is 1. The van der Waals surface area contributed by atoms with Crippen LogP contribution < -0.4 is 0 Å². The minimum Gasteiger partial charge on any atom is -0.382 e. The molecule has 1 saturated heterocycles. The van der Waals surface area contributed by atoms with Crippen molar-refractivity contribution < 1.29 is 13.2 Å². The Morgan fingerprint density at radius 3 is 2.54 bits per heavy atom. The Labute approximate surface area is 167 Å². The largest absolute Gasteiger partial charge is 0.382 e. The number of carbonyl (C=O) groups excluding carboxylic acids is 1. The molecule has 3 rings (SSSR count). The van der Waals surface area contributed by atoms with Crippen molar-refractivity contribution in [1.82, 2.24) is 9.80 Å². The van der Waals surface area contributed by atoms with Crippen LogP contribution in [0, 0.1) is 0 Å². The average molecular weight is 434 g/mol. The van der Waals surface area contributed by atoms with Crippen LogP contribution in [-0.4, -0.2) is 49.4 Å². The topological polar surface area (TPSA) is 70.1 Å². The summed E-state index contributed by atoms with van der Waals surface area (Å²) in [5.74, 6) is -0.172. The molecule has 2 fully saturated rings. The third kappa shape index (κ3) is 4.27. The van der Waals surface area contributed by atoms with Gasteiger partial charge in [-0.1, -0.05) is 30.9 Å². The van der Waals surface area contributed by atoms with Crippen molar-refractivity contribution in [2.45, 2.75) is 42.4 Å². The second kappa shape index (κ2) is 7.92. The number of sulfonamides is 1. The number of thiophene rings is 1. The van der Waals surface area contributed by atoms with E-state index in [1.54, 1.807) is 16.0 Å².